The first-order valence-electron chi connectivity index (χ1n) is 6.09. The first-order valence-corrected chi connectivity index (χ1v) is 6.90. The lowest BCUT2D eigenvalue weighted by Crippen LogP contribution is -2.19. The minimum absolute atomic E-state index is 0.123. The molecule has 0 saturated carbocycles. The average Bonchev–Trinajstić information content (AvgIpc) is 3.08. The summed E-state index contributed by atoms with van der Waals surface area (Å²) in [6, 6.07) is 7.36. The van der Waals surface area contributed by atoms with Gasteiger partial charge < -0.3 is 14.2 Å². The lowest BCUT2D eigenvalue weighted by atomic mass is 10.2. The molecule has 0 aliphatic rings. The highest BCUT2D eigenvalue weighted by Gasteiger charge is 2.00. The summed E-state index contributed by atoms with van der Waals surface area (Å²) in [5, 5.41) is 3.50. The molecular formula is C14H11N3O3S. The molecule has 0 aliphatic heterocycles. The highest BCUT2D eigenvalue weighted by atomic mass is 32.1. The second-order valence-electron chi connectivity index (χ2n) is 4.18. The van der Waals surface area contributed by atoms with Crippen molar-refractivity contribution in [3.63, 3.8) is 0 Å². The van der Waals surface area contributed by atoms with Crippen LogP contribution in [0.25, 0.3) is 12.7 Å². The molecular weight excluding hydrogens is 290 g/mol. The van der Waals surface area contributed by atoms with E-state index in [1.165, 1.54) is 17.7 Å². The average molecular weight is 301 g/mol. The molecule has 21 heavy (non-hydrogen) atoms. The normalized spacial score (nSPS) is 11.7. The molecule has 0 bridgehead atoms. The molecule has 2 aromatic heterocycles. The summed E-state index contributed by atoms with van der Waals surface area (Å²) < 4.78 is 11.6. The number of rotatable bonds is 4. The summed E-state index contributed by atoms with van der Waals surface area (Å²) in [6.45, 7) is 3.93. The number of aromatic nitrogens is 3. The van der Waals surface area contributed by atoms with Gasteiger partial charge in [0.25, 0.3) is 11.4 Å². The maximum atomic E-state index is 11.6. The number of ether oxygens (including phenoxy) is 1. The summed E-state index contributed by atoms with van der Waals surface area (Å²) in [7, 11) is 0. The Hall–Kier alpha value is -2.67. The number of nitrogens with zero attached hydrogens (tertiary/aromatic N) is 2. The first-order chi connectivity index (χ1) is 10.2. The van der Waals surface area contributed by atoms with Gasteiger partial charge in [-0.15, -0.1) is 11.3 Å². The summed E-state index contributed by atoms with van der Waals surface area (Å²) in [5.74, 6) is 1.10. The molecule has 3 aromatic rings. The fourth-order valence-electron chi connectivity index (χ4n) is 1.70. The zero-order chi connectivity index (χ0) is 14.7. The van der Waals surface area contributed by atoms with Crippen LogP contribution in [-0.4, -0.2) is 15.1 Å². The number of nitrogens with one attached hydrogen (secondary N) is 1. The highest BCUT2D eigenvalue weighted by Crippen LogP contribution is 2.13. The second kappa shape index (κ2) is 5.76. The van der Waals surface area contributed by atoms with Crippen molar-refractivity contribution in [2.24, 2.45) is 0 Å². The summed E-state index contributed by atoms with van der Waals surface area (Å²) in [6.07, 6.45) is 3.13. The van der Waals surface area contributed by atoms with Crippen molar-refractivity contribution < 1.29 is 9.26 Å². The van der Waals surface area contributed by atoms with E-state index < -0.39 is 0 Å². The smallest absolute Gasteiger partial charge is 0.266 e. The van der Waals surface area contributed by atoms with Crippen LogP contribution in [0.2, 0.25) is 0 Å². The first kappa shape index (κ1) is 13.3. The molecule has 0 unspecified atom stereocenters. The van der Waals surface area contributed by atoms with Crippen molar-refractivity contribution in [3.05, 3.63) is 61.6 Å². The Bertz CT molecular complexity index is 879. The van der Waals surface area contributed by atoms with E-state index in [2.05, 4.69) is 21.7 Å². The van der Waals surface area contributed by atoms with Gasteiger partial charge in [0, 0.05) is 0 Å². The summed E-state index contributed by atoms with van der Waals surface area (Å²) in [4.78, 5) is 18.1. The number of hydrogen-bond acceptors (Lipinski definition) is 6. The van der Waals surface area contributed by atoms with Crippen molar-refractivity contribution in [2.45, 2.75) is 6.61 Å². The van der Waals surface area contributed by atoms with Crippen molar-refractivity contribution in [1.29, 1.82) is 0 Å². The van der Waals surface area contributed by atoms with E-state index in [0.29, 0.717) is 20.8 Å². The molecule has 0 atom stereocenters. The second-order valence-corrected chi connectivity index (χ2v) is 5.32. The Morgan fingerprint density at radius 1 is 1.38 bits per heavy atom. The molecule has 2 heterocycles. The predicted octanol–water partition coefficient (Wildman–Crippen LogP) is 0.637. The van der Waals surface area contributed by atoms with E-state index in [0.717, 1.165) is 5.56 Å². The summed E-state index contributed by atoms with van der Waals surface area (Å²) in [5.41, 5.74) is 0.786. The van der Waals surface area contributed by atoms with Crippen LogP contribution in [0.15, 0.2) is 39.9 Å². The van der Waals surface area contributed by atoms with Crippen molar-refractivity contribution in [1.82, 2.24) is 15.1 Å². The Morgan fingerprint density at radius 3 is 2.81 bits per heavy atom. The number of H-pyrrole nitrogens is 1. The number of benzene rings is 1. The lowest BCUT2D eigenvalue weighted by Gasteiger charge is -2.02. The number of aromatic amines is 1. The molecule has 1 aromatic carbocycles. The van der Waals surface area contributed by atoms with E-state index in [-0.39, 0.29) is 12.2 Å². The van der Waals surface area contributed by atoms with Crippen molar-refractivity contribution >= 4 is 24.0 Å². The predicted molar refractivity (Wildman–Crippen MR) is 78.4 cm³/mol. The summed E-state index contributed by atoms with van der Waals surface area (Å²) >= 11 is 1.33. The molecule has 7 heteroatoms. The van der Waals surface area contributed by atoms with Gasteiger partial charge in [-0.1, -0.05) is 23.9 Å². The number of hydrogen-bond donors (Lipinski definition) is 1. The van der Waals surface area contributed by atoms with Crippen LogP contribution in [-0.2, 0) is 6.61 Å². The van der Waals surface area contributed by atoms with Crippen molar-refractivity contribution in [3.8, 4) is 5.75 Å². The third kappa shape index (κ3) is 3.26. The molecule has 0 amide bonds. The molecule has 106 valence electrons. The van der Waals surface area contributed by atoms with Gasteiger partial charge in [0.15, 0.2) is 12.9 Å². The van der Waals surface area contributed by atoms with E-state index >= 15 is 0 Å². The van der Waals surface area contributed by atoms with Gasteiger partial charge in [-0.05, 0) is 23.8 Å². The van der Waals surface area contributed by atoms with Crippen LogP contribution in [0, 0.1) is 0 Å². The van der Waals surface area contributed by atoms with Crippen LogP contribution in [0.3, 0.4) is 0 Å². The maximum absolute atomic E-state index is 11.6. The largest absolute Gasteiger partial charge is 0.484 e. The molecule has 0 aliphatic carbocycles. The fourth-order valence-corrected chi connectivity index (χ4v) is 2.45. The topological polar surface area (TPSA) is 81.0 Å². The van der Waals surface area contributed by atoms with E-state index in [9.17, 15) is 4.79 Å². The van der Waals surface area contributed by atoms with E-state index in [1.54, 1.807) is 6.08 Å². The molecule has 6 nitrogen and oxygen atoms in total. The lowest BCUT2D eigenvalue weighted by molar-refractivity contribution is 0.243. The number of thiazole rings is 1. The van der Waals surface area contributed by atoms with Gasteiger partial charge >= 0.3 is 0 Å². The molecule has 0 radical (unpaired) electrons. The van der Waals surface area contributed by atoms with E-state index in [4.69, 9.17) is 9.26 Å². The zero-order valence-corrected chi connectivity index (χ0v) is 11.7. The molecule has 0 spiro atoms. The van der Waals surface area contributed by atoms with Crippen LogP contribution < -0.4 is 19.5 Å². The Morgan fingerprint density at radius 2 is 2.19 bits per heavy atom. The van der Waals surface area contributed by atoms with Crippen LogP contribution >= 0.6 is 11.3 Å². The van der Waals surface area contributed by atoms with Gasteiger partial charge in [0.05, 0.1) is 9.20 Å². The fraction of sp³-hybridized carbons (Fsp3) is 0.0714. The molecule has 0 fully saturated rings. The zero-order valence-electron chi connectivity index (χ0n) is 10.9. The van der Waals surface area contributed by atoms with Crippen LogP contribution in [0.1, 0.15) is 11.5 Å². The third-order valence-electron chi connectivity index (χ3n) is 2.66. The van der Waals surface area contributed by atoms with Gasteiger partial charge in [-0.25, -0.2) is 0 Å². The Balaban J connectivity index is 1.75. The van der Waals surface area contributed by atoms with Gasteiger partial charge in [-0.2, -0.15) is 4.98 Å². The van der Waals surface area contributed by atoms with Gasteiger partial charge in [0.1, 0.15) is 5.75 Å². The Kier molecular flexibility index (Phi) is 3.65. The van der Waals surface area contributed by atoms with Crippen molar-refractivity contribution in [2.75, 3.05) is 0 Å². The van der Waals surface area contributed by atoms with Gasteiger partial charge in [-0.3, -0.25) is 4.79 Å². The quantitative estimate of drug-likeness (QED) is 0.765. The monoisotopic (exact) mass is 301 g/mol. The molecule has 3 rings (SSSR count). The van der Waals surface area contributed by atoms with Crippen LogP contribution in [0.5, 0.6) is 5.75 Å². The highest BCUT2D eigenvalue weighted by molar-refractivity contribution is 7.07. The van der Waals surface area contributed by atoms with E-state index in [1.807, 2.05) is 24.3 Å². The maximum Gasteiger partial charge on any atom is 0.266 e. The minimum atomic E-state index is -0.123. The molecule has 0 saturated heterocycles. The van der Waals surface area contributed by atoms with Crippen LogP contribution in [0.4, 0.5) is 0 Å². The molecule has 1 N–H and O–H groups in total. The van der Waals surface area contributed by atoms with Gasteiger partial charge in [0.2, 0.25) is 0 Å². The minimum Gasteiger partial charge on any atom is -0.484 e. The Labute approximate surface area is 123 Å². The third-order valence-corrected chi connectivity index (χ3v) is 3.53. The SMILES string of the molecule is C=c1[nH]c(=O)/c(=C/c2ccc(OCc3ncno3)cc2)s1. The standard InChI is InChI=1S/C14H11N3O3S/c1-9-17-14(18)12(21-9)6-10-2-4-11(5-3-10)19-7-13-15-8-16-20-13/h2-6,8H,1,7H2,(H,17,18)/b12-6-.